The lowest BCUT2D eigenvalue weighted by Gasteiger charge is -2.50. The maximum atomic E-state index is 12.1. The third-order valence-electron chi connectivity index (χ3n) is 2.73. The Morgan fingerprint density at radius 3 is 2.77 bits per heavy atom. The summed E-state index contributed by atoms with van der Waals surface area (Å²) in [6, 6.07) is 1.54. The van der Waals surface area contributed by atoms with Crippen LogP contribution in [0.2, 0.25) is 0 Å². The van der Waals surface area contributed by atoms with Crippen molar-refractivity contribution in [2.75, 3.05) is 19.7 Å². The molecule has 3 atom stereocenters. The Bertz CT molecular complexity index is 214. The van der Waals surface area contributed by atoms with Crippen LogP contribution in [-0.4, -0.2) is 36.5 Å². The Morgan fingerprint density at radius 1 is 1.62 bits per heavy atom. The molecule has 0 aromatic rings. The van der Waals surface area contributed by atoms with E-state index < -0.39 is 10.7 Å². The van der Waals surface area contributed by atoms with Crippen molar-refractivity contribution in [1.82, 2.24) is 0 Å². The molecule has 3 unspecified atom stereocenters. The fourth-order valence-corrected chi connectivity index (χ4v) is 1.78. The number of rotatable bonds is 2. The van der Waals surface area contributed by atoms with Gasteiger partial charge in [0.05, 0.1) is 13.2 Å². The minimum absolute atomic E-state index is 0.184. The number of hydrogen-bond acceptors (Lipinski definition) is 3. The van der Waals surface area contributed by atoms with Crippen LogP contribution in [0.25, 0.3) is 0 Å². The zero-order chi connectivity index (χ0) is 9.90. The molecule has 74 valence electrons. The van der Waals surface area contributed by atoms with Crippen molar-refractivity contribution in [1.29, 1.82) is 5.26 Å². The molecule has 0 aliphatic carbocycles. The minimum Gasteiger partial charge on any atom is -0.632 e. The van der Waals surface area contributed by atoms with E-state index in [2.05, 4.69) is 6.07 Å². The Morgan fingerprint density at radius 2 is 2.31 bits per heavy atom. The first-order valence-electron chi connectivity index (χ1n) is 4.77. The summed E-state index contributed by atoms with van der Waals surface area (Å²) < 4.78 is 4.98. The van der Waals surface area contributed by atoms with Crippen molar-refractivity contribution in [3.8, 4) is 6.07 Å². The molecule has 0 amide bonds. The summed E-state index contributed by atoms with van der Waals surface area (Å²) in [5.41, 5.74) is 0. The predicted molar refractivity (Wildman–Crippen MR) is 48.5 cm³/mol. The molecular weight excluding hydrogens is 168 g/mol. The van der Waals surface area contributed by atoms with Crippen LogP contribution in [0.1, 0.15) is 20.3 Å². The van der Waals surface area contributed by atoms with Crippen LogP contribution in [0.3, 0.4) is 0 Å². The normalized spacial score (nSPS) is 39.8. The topological polar surface area (TPSA) is 56.1 Å². The molecular formula is C9H16N2O2. The van der Waals surface area contributed by atoms with Crippen molar-refractivity contribution in [2.24, 2.45) is 0 Å². The minimum atomic E-state index is -0.538. The summed E-state index contributed by atoms with van der Waals surface area (Å²) in [5.74, 6) is 0. The average molecular weight is 184 g/mol. The van der Waals surface area contributed by atoms with Crippen LogP contribution >= 0.6 is 0 Å². The summed E-state index contributed by atoms with van der Waals surface area (Å²) in [6.07, 6.45) is 0.552. The number of quaternary nitrogens is 1. The molecule has 0 bridgehead atoms. The van der Waals surface area contributed by atoms with Gasteiger partial charge in [-0.05, 0) is 13.3 Å². The molecule has 1 heterocycles. The van der Waals surface area contributed by atoms with E-state index in [1.54, 1.807) is 0 Å². The summed E-state index contributed by atoms with van der Waals surface area (Å²) in [6.45, 7) is 5.12. The SMILES string of the molecule is CCC1OCC[N+]([O-])(CC)C1C#N. The maximum absolute atomic E-state index is 12.1. The molecule has 4 nitrogen and oxygen atoms in total. The van der Waals surface area contributed by atoms with E-state index in [0.717, 1.165) is 6.42 Å². The molecule has 0 saturated carbocycles. The first-order chi connectivity index (χ1) is 6.18. The maximum Gasteiger partial charge on any atom is 0.202 e. The number of morpholine rings is 1. The standard InChI is InChI=1S/C9H16N2O2/c1-3-9-8(7-10)11(12,4-2)5-6-13-9/h8-9H,3-6H2,1-2H3. The van der Waals surface area contributed by atoms with E-state index in [-0.39, 0.29) is 6.10 Å². The molecule has 1 aliphatic heterocycles. The highest BCUT2D eigenvalue weighted by Crippen LogP contribution is 2.23. The van der Waals surface area contributed by atoms with Gasteiger partial charge in [0.15, 0.2) is 0 Å². The molecule has 1 aliphatic rings. The van der Waals surface area contributed by atoms with E-state index in [1.165, 1.54) is 0 Å². The Balaban J connectivity index is 2.80. The second-order valence-electron chi connectivity index (χ2n) is 3.38. The molecule has 1 rings (SSSR count). The Kier molecular flexibility index (Phi) is 3.26. The first-order valence-corrected chi connectivity index (χ1v) is 4.77. The number of nitriles is 1. The van der Waals surface area contributed by atoms with E-state index >= 15 is 0 Å². The van der Waals surface area contributed by atoms with Crippen molar-refractivity contribution in [3.05, 3.63) is 5.21 Å². The highest BCUT2D eigenvalue weighted by atomic mass is 16.6. The fraction of sp³-hybridized carbons (Fsp3) is 0.889. The van der Waals surface area contributed by atoms with Crippen LogP contribution in [0.4, 0.5) is 0 Å². The zero-order valence-corrected chi connectivity index (χ0v) is 8.19. The number of hydrogen-bond donors (Lipinski definition) is 0. The lowest BCUT2D eigenvalue weighted by Crippen LogP contribution is -2.60. The largest absolute Gasteiger partial charge is 0.632 e. The summed E-state index contributed by atoms with van der Waals surface area (Å²) in [7, 11) is 0. The van der Waals surface area contributed by atoms with Gasteiger partial charge in [-0.3, -0.25) is 0 Å². The molecule has 4 heteroatoms. The van der Waals surface area contributed by atoms with Gasteiger partial charge in [0.25, 0.3) is 0 Å². The summed E-state index contributed by atoms with van der Waals surface area (Å²) in [4.78, 5) is 0. The van der Waals surface area contributed by atoms with Gasteiger partial charge < -0.3 is 14.6 Å². The Hall–Kier alpha value is -0.630. The predicted octanol–water partition coefficient (Wildman–Crippen LogP) is 1.02. The molecule has 0 radical (unpaired) electrons. The smallest absolute Gasteiger partial charge is 0.202 e. The van der Waals surface area contributed by atoms with Crippen LogP contribution in [0.15, 0.2) is 0 Å². The van der Waals surface area contributed by atoms with Crippen molar-refractivity contribution in [2.45, 2.75) is 32.4 Å². The van der Waals surface area contributed by atoms with E-state index in [1.807, 2.05) is 13.8 Å². The zero-order valence-electron chi connectivity index (χ0n) is 8.19. The van der Waals surface area contributed by atoms with Gasteiger partial charge in [-0.1, -0.05) is 6.92 Å². The number of ether oxygens (including phenoxy) is 1. The van der Waals surface area contributed by atoms with Gasteiger partial charge >= 0.3 is 0 Å². The van der Waals surface area contributed by atoms with Crippen molar-refractivity contribution >= 4 is 0 Å². The molecule has 1 fully saturated rings. The summed E-state index contributed by atoms with van der Waals surface area (Å²) in [5, 5.41) is 21.0. The Labute approximate surface area is 78.9 Å². The molecule has 0 N–H and O–H groups in total. The van der Waals surface area contributed by atoms with Gasteiger partial charge in [0, 0.05) is 0 Å². The third kappa shape index (κ3) is 1.83. The van der Waals surface area contributed by atoms with E-state index in [9.17, 15) is 5.21 Å². The number of nitrogens with zero attached hydrogens (tertiary/aromatic N) is 2. The van der Waals surface area contributed by atoms with E-state index in [4.69, 9.17) is 10.00 Å². The van der Waals surface area contributed by atoms with Gasteiger partial charge in [-0.15, -0.1) is 0 Å². The molecule has 0 spiro atoms. The molecule has 1 saturated heterocycles. The highest BCUT2D eigenvalue weighted by Gasteiger charge is 2.38. The van der Waals surface area contributed by atoms with Crippen molar-refractivity contribution in [3.63, 3.8) is 0 Å². The second kappa shape index (κ2) is 4.05. The number of likely N-dealkylation sites (N-methyl/N-ethyl adjacent to an activating group) is 1. The van der Waals surface area contributed by atoms with Gasteiger partial charge in [0.1, 0.15) is 18.7 Å². The second-order valence-corrected chi connectivity index (χ2v) is 3.38. The molecule has 0 aromatic carbocycles. The van der Waals surface area contributed by atoms with Crippen LogP contribution < -0.4 is 0 Å². The van der Waals surface area contributed by atoms with Gasteiger partial charge in [-0.2, -0.15) is 5.26 Å². The van der Waals surface area contributed by atoms with E-state index in [0.29, 0.717) is 19.7 Å². The fourth-order valence-electron chi connectivity index (χ4n) is 1.78. The van der Waals surface area contributed by atoms with Gasteiger partial charge in [0.2, 0.25) is 6.04 Å². The lowest BCUT2D eigenvalue weighted by atomic mass is 10.1. The van der Waals surface area contributed by atoms with Gasteiger partial charge in [-0.25, -0.2) is 0 Å². The lowest BCUT2D eigenvalue weighted by molar-refractivity contribution is -0.908. The summed E-state index contributed by atoms with van der Waals surface area (Å²) >= 11 is 0. The highest BCUT2D eigenvalue weighted by molar-refractivity contribution is 4.93. The quantitative estimate of drug-likeness (QED) is 0.475. The van der Waals surface area contributed by atoms with Crippen LogP contribution in [-0.2, 0) is 4.74 Å². The molecule has 0 aromatic heterocycles. The molecule has 13 heavy (non-hydrogen) atoms. The average Bonchev–Trinajstić information content (AvgIpc) is 2.17. The van der Waals surface area contributed by atoms with Crippen LogP contribution in [0, 0.1) is 16.5 Å². The first kappa shape index (κ1) is 10.5. The van der Waals surface area contributed by atoms with Crippen LogP contribution in [0.5, 0.6) is 0 Å². The van der Waals surface area contributed by atoms with Crippen molar-refractivity contribution < 1.29 is 9.38 Å². The number of hydroxylamine groups is 3. The monoisotopic (exact) mass is 184 g/mol. The third-order valence-corrected chi connectivity index (χ3v) is 2.73.